The molecular formula is C20H26Cl2FN3O. The first-order valence-corrected chi connectivity index (χ1v) is 9.20. The Bertz CT molecular complexity index is 811. The number of carbonyl (C=O) groups is 1. The minimum Gasteiger partial charge on any atom is -0.338 e. The van der Waals surface area contributed by atoms with Crippen molar-refractivity contribution in [3.8, 4) is 0 Å². The number of nitrogens with zero attached hydrogens (tertiary/aromatic N) is 2. The number of hydrogen-bond donors (Lipinski definition) is 1. The van der Waals surface area contributed by atoms with Crippen LogP contribution in [0.2, 0.25) is 0 Å². The second-order valence-corrected chi connectivity index (χ2v) is 7.35. The molecule has 148 valence electrons. The number of amides is 1. The normalized spacial score (nSPS) is 19.3. The predicted molar refractivity (Wildman–Crippen MR) is 111 cm³/mol. The lowest BCUT2D eigenvalue weighted by Crippen LogP contribution is -2.42. The van der Waals surface area contributed by atoms with E-state index in [1.807, 2.05) is 18.0 Å². The Morgan fingerprint density at radius 1 is 1.26 bits per heavy atom. The summed E-state index contributed by atoms with van der Waals surface area (Å²) in [5.41, 5.74) is 2.31. The number of aromatic nitrogens is 1. The van der Waals surface area contributed by atoms with Gasteiger partial charge in [-0.2, -0.15) is 0 Å². The van der Waals surface area contributed by atoms with Gasteiger partial charge in [-0.1, -0.05) is 0 Å². The van der Waals surface area contributed by atoms with E-state index in [9.17, 15) is 9.18 Å². The molecule has 1 aliphatic carbocycles. The van der Waals surface area contributed by atoms with E-state index in [0.29, 0.717) is 22.8 Å². The number of pyridine rings is 1. The Hall–Kier alpha value is -1.43. The standard InChI is InChI=1S/C20H24FN3O.2ClH/c1-22-11-13-3-2-8-24(12-13)20(25)17-10-19(14-4-5-14)23-18-7-6-15(21)9-16(17)18;;/h6-7,9-10,13-14,22H,2-5,8,11-12H2,1H3;2*1H. The van der Waals surface area contributed by atoms with E-state index < -0.39 is 0 Å². The minimum absolute atomic E-state index is 0. The number of carbonyl (C=O) groups excluding carboxylic acids is 1. The van der Waals surface area contributed by atoms with Gasteiger partial charge in [-0.05, 0) is 69.5 Å². The van der Waals surface area contributed by atoms with Gasteiger partial charge in [0.25, 0.3) is 5.91 Å². The molecule has 2 heterocycles. The molecule has 27 heavy (non-hydrogen) atoms. The first-order valence-electron chi connectivity index (χ1n) is 9.20. The fourth-order valence-corrected chi connectivity index (χ4v) is 3.86. The summed E-state index contributed by atoms with van der Waals surface area (Å²) in [6.45, 7) is 2.46. The number of fused-ring (bicyclic) bond motifs is 1. The van der Waals surface area contributed by atoms with Gasteiger partial charge in [-0.25, -0.2) is 4.39 Å². The fraction of sp³-hybridized carbons (Fsp3) is 0.500. The van der Waals surface area contributed by atoms with Gasteiger partial charge in [0.05, 0.1) is 11.1 Å². The summed E-state index contributed by atoms with van der Waals surface area (Å²) in [6.07, 6.45) is 4.41. The van der Waals surface area contributed by atoms with Crippen LogP contribution < -0.4 is 5.32 Å². The van der Waals surface area contributed by atoms with E-state index in [4.69, 9.17) is 0 Å². The minimum atomic E-state index is -0.325. The Kier molecular flexibility index (Phi) is 7.43. The van der Waals surface area contributed by atoms with Crippen LogP contribution in [-0.4, -0.2) is 42.5 Å². The maximum Gasteiger partial charge on any atom is 0.254 e. The molecule has 7 heteroatoms. The lowest BCUT2D eigenvalue weighted by molar-refractivity contribution is 0.0676. The fourth-order valence-electron chi connectivity index (χ4n) is 3.86. The smallest absolute Gasteiger partial charge is 0.254 e. The molecule has 1 N–H and O–H groups in total. The molecule has 4 nitrogen and oxygen atoms in total. The Balaban J connectivity index is 0.00000131. The molecule has 1 amide bonds. The number of likely N-dealkylation sites (tertiary alicyclic amines) is 1. The monoisotopic (exact) mass is 413 g/mol. The number of hydrogen-bond acceptors (Lipinski definition) is 3. The highest BCUT2D eigenvalue weighted by Crippen LogP contribution is 2.40. The summed E-state index contributed by atoms with van der Waals surface area (Å²) in [5.74, 6) is 0.629. The summed E-state index contributed by atoms with van der Waals surface area (Å²) in [4.78, 5) is 19.8. The molecule has 1 unspecified atom stereocenters. The highest BCUT2D eigenvalue weighted by atomic mass is 35.5. The lowest BCUT2D eigenvalue weighted by atomic mass is 9.96. The second kappa shape index (κ2) is 9.18. The molecule has 2 aromatic rings. The third-order valence-electron chi connectivity index (χ3n) is 5.32. The molecule has 1 saturated carbocycles. The van der Waals surface area contributed by atoms with Crippen molar-refractivity contribution in [3.63, 3.8) is 0 Å². The molecule has 0 spiro atoms. The second-order valence-electron chi connectivity index (χ2n) is 7.35. The quantitative estimate of drug-likeness (QED) is 0.817. The largest absolute Gasteiger partial charge is 0.338 e. The topological polar surface area (TPSA) is 45.2 Å². The van der Waals surface area contributed by atoms with Crippen LogP contribution in [0.5, 0.6) is 0 Å². The van der Waals surface area contributed by atoms with Crippen molar-refractivity contribution in [2.24, 2.45) is 5.92 Å². The van der Waals surface area contributed by atoms with Gasteiger partial charge in [-0.15, -0.1) is 24.8 Å². The highest BCUT2D eigenvalue weighted by molar-refractivity contribution is 6.06. The summed E-state index contributed by atoms with van der Waals surface area (Å²) < 4.78 is 13.8. The van der Waals surface area contributed by atoms with Crippen LogP contribution in [-0.2, 0) is 0 Å². The lowest BCUT2D eigenvalue weighted by Gasteiger charge is -2.33. The third-order valence-corrected chi connectivity index (χ3v) is 5.32. The van der Waals surface area contributed by atoms with Crippen molar-refractivity contribution in [2.75, 3.05) is 26.7 Å². The van der Waals surface area contributed by atoms with E-state index in [1.165, 1.54) is 12.1 Å². The van der Waals surface area contributed by atoms with Crippen molar-refractivity contribution in [3.05, 3.63) is 41.3 Å². The molecule has 1 aromatic heterocycles. The molecule has 1 aromatic carbocycles. The van der Waals surface area contributed by atoms with E-state index in [1.54, 1.807) is 6.07 Å². The molecule has 0 bridgehead atoms. The number of benzene rings is 1. The van der Waals surface area contributed by atoms with Crippen LogP contribution >= 0.6 is 24.8 Å². The van der Waals surface area contributed by atoms with Crippen molar-refractivity contribution in [1.29, 1.82) is 0 Å². The number of nitrogens with one attached hydrogen (secondary N) is 1. The van der Waals surface area contributed by atoms with E-state index in [2.05, 4.69) is 10.3 Å². The van der Waals surface area contributed by atoms with E-state index in [-0.39, 0.29) is 36.5 Å². The van der Waals surface area contributed by atoms with Crippen LogP contribution in [0.1, 0.15) is 47.7 Å². The van der Waals surface area contributed by atoms with Crippen LogP contribution in [0.15, 0.2) is 24.3 Å². The molecule has 2 aliphatic rings. The van der Waals surface area contributed by atoms with Crippen LogP contribution in [0.4, 0.5) is 4.39 Å². The van der Waals surface area contributed by atoms with Gasteiger partial charge >= 0.3 is 0 Å². The summed E-state index contributed by atoms with van der Waals surface area (Å²) in [5, 5.41) is 3.84. The average Bonchev–Trinajstić information content (AvgIpc) is 3.46. The van der Waals surface area contributed by atoms with Gasteiger partial charge in [0, 0.05) is 30.1 Å². The van der Waals surface area contributed by atoms with Gasteiger partial charge in [-0.3, -0.25) is 9.78 Å². The van der Waals surface area contributed by atoms with Gasteiger partial charge in [0.1, 0.15) is 5.82 Å². The number of halogens is 3. The van der Waals surface area contributed by atoms with Crippen molar-refractivity contribution in [1.82, 2.24) is 15.2 Å². The maximum atomic E-state index is 13.8. The Morgan fingerprint density at radius 3 is 2.74 bits per heavy atom. The summed E-state index contributed by atoms with van der Waals surface area (Å²) >= 11 is 0. The maximum absolute atomic E-state index is 13.8. The van der Waals surface area contributed by atoms with Crippen molar-refractivity contribution in [2.45, 2.75) is 31.6 Å². The molecule has 4 rings (SSSR count). The predicted octanol–water partition coefficient (Wildman–Crippen LogP) is 4.17. The SMILES string of the molecule is CNCC1CCCN(C(=O)c2cc(C3CC3)nc3ccc(F)cc23)C1.Cl.Cl. The van der Waals surface area contributed by atoms with Gasteiger partial charge in [0.2, 0.25) is 0 Å². The molecular weight excluding hydrogens is 388 g/mol. The summed E-state index contributed by atoms with van der Waals surface area (Å²) in [7, 11) is 1.95. The molecule has 1 atom stereocenters. The van der Waals surface area contributed by atoms with E-state index >= 15 is 0 Å². The van der Waals surface area contributed by atoms with Gasteiger partial charge in [0.15, 0.2) is 0 Å². The summed E-state index contributed by atoms with van der Waals surface area (Å²) in [6, 6.07) is 6.46. The number of rotatable bonds is 4. The molecule has 1 aliphatic heterocycles. The first-order chi connectivity index (χ1) is 12.2. The first kappa shape index (κ1) is 21.9. The molecule has 1 saturated heterocycles. The van der Waals surface area contributed by atoms with Crippen LogP contribution in [0, 0.1) is 11.7 Å². The third kappa shape index (κ3) is 4.71. The zero-order valence-electron chi connectivity index (χ0n) is 15.4. The molecule has 2 fully saturated rings. The van der Waals surface area contributed by atoms with Crippen molar-refractivity contribution < 1.29 is 9.18 Å². The van der Waals surface area contributed by atoms with Crippen LogP contribution in [0.25, 0.3) is 10.9 Å². The number of piperidine rings is 1. The molecule has 0 radical (unpaired) electrons. The average molecular weight is 414 g/mol. The Labute approximate surface area is 171 Å². The highest BCUT2D eigenvalue weighted by Gasteiger charge is 2.29. The van der Waals surface area contributed by atoms with E-state index in [0.717, 1.165) is 56.5 Å². The zero-order chi connectivity index (χ0) is 17.4. The zero-order valence-corrected chi connectivity index (χ0v) is 17.0. The van der Waals surface area contributed by atoms with Crippen LogP contribution in [0.3, 0.4) is 0 Å². The van der Waals surface area contributed by atoms with Gasteiger partial charge < -0.3 is 10.2 Å². The Morgan fingerprint density at radius 2 is 2.04 bits per heavy atom. The van der Waals surface area contributed by atoms with Crippen molar-refractivity contribution >= 4 is 41.6 Å².